The first-order chi connectivity index (χ1) is 5.11. The first kappa shape index (κ1) is 8.11. The molecule has 0 radical (unpaired) electrons. The fourth-order valence-corrected chi connectivity index (χ4v) is 6.65. The summed E-state index contributed by atoms with van der Waals surface area (Å²) >= 11 is 1.98. The molecule has 0 saturated carbocycles. The van der Waals surface area contributed by atoms with Crippen molar-refractivity contribution in [3.8, 4) is 0 Å². The fourth-order valence-electron chi connectivity index (χ4n) is 2.10. The van der Waals surface area contributed by atoms with Gasteiger partial charge in [0.15, 0.2) is 0 Å². The Bertz CT molecular complexity index is 200. The topological polar surface area (TPSA) is 17.1 Å². The molecule has 2 rings (SSSR count). The molecule has 64 valence electrons. The van der Waals surface area contributed by atoms with Crippen LogP contribution in [0.3, 0.4) is 0 Å². The van der Waals surface area contributed by atoms with Gasteiger partial charge in [0.1, 0.15) is 0 Å². The lowest BCUT2D eigenvalue weighted by molar-refractivity contribution is 0.302. The summed E-state index contributed by atoms with van der Waals surface area (Å²) < 4.78 is 11.6. The molecule has 3 atom stereocenters. The Hall–Kier alpha value is 0.500. The molecular formula is C8H14OS2. The van der Waals surface area contributed by atoms with Gasteiger partial charge in [0.2, 0.25) is 0 Å². The van der Waals surface area contributed by atoms with Crippen molar-refractivity contribution in [2.75, 3.05) is 17.3 Å². The first-order valence-electron chi connectivity index (χ1n) is 4.06. The van der Waals surface area contributed by atoms with Crippen molar-refractivity contribution >= 4 is 22.6 Å². The third-order valence-corrected chi connectivity index (χ3v) is 6.48. The van der Waals surface area contributed by atoms with E-state index in [1.165, 1.54) is 5.75 Å². The molecule has 2 saturated heterocycles. The SMILES string of the molecule is CC1(C)CS(=O)C2CSCC21. The van der Waals surface area contributed by atoms with Gasteiger partial charge in [-0.1, -0.05) is 13.8 Å². The minimum atomic E-state index is -0.519. The molecule has 0 bridgehead atoms. The molecule has 2 heterocycles. The van der Waals surface area contributed by atoms with Gasteiger partial charge < -0.3 is 0 Å². The van der Waals surface area contributed by atoms with Crippen molar-refractivity contribution in [1.82, 2.24) is 0 Å². The highest BCUT2D eigenvalue weighted by molar-refractivity contribution is 8.01. The molecule has 2 aliphatic rings. The van der Waals surface area contributed by atoms with E-state index >= 15 is 0 Å². The highest BCUT2D eigenvalue weighted by Gasteiger charge is 2.49. The van der Waals surface area contributed by atoms with Crippen LogP contribution in [0.15, 0.2) is 0 Å². The van der Waals surface area contributed by atoms with Crippen molar-refractivity contribution < 1.29 is 4.21 Å². The van der Waals surface area contributed by atoms with Crippen LogP contribution >= 0.6 is 11.8 Å². The van der Waals surface area contributed by atoms with Gasteiger partial charge in [0.25, 0.3) is 0 Å². The van der Waals surface area contributed by atoms with Crippen LogP contribution < -0.4 is 0 Å². The van der Waals surface area contributed by atoms with Crippen LogP contribution in [-0.4, -0.2) is 26.7 Å². The van der Waals surface area contributed by atoms with E-state index in [1.54, 1.807) is 0 Å². The minimum Gasteiger partial charge on any atom is -0.259 e. The van der Waals surface area contributed by atoms with Crippen LogP contribution in [-0.2, 0) is 10.8 Å². The summed E-state index contributed by atoms with van der Waals surface area (Å²) in [5.41, 5.74) is 0.346. The van der Waals surface area contributed by atoms with Gasteiger partial charge in [-0.2, -0.15) is 11.8 Å². The minimum absolute atomic E-state index is 0.346. The normalized spacial score (nSPS) is 47.6. The monoisotopic (exact) mass is 190 g/mol. The van der Waals surface area contributed by atoms with Gasteiger partial charge in [0.05, 0.1) is 0 Å². The molecule has 0 aliphatic carbocycles. The molecule has 11 heavy (non-hydrogen) atoms. The second kappa shape index (κ2) is 2.49. The smallest absolute Gasteiger partial charge is 0.0480 e. The highest BCUT2D eigenvalue weighted by Crippen LogP contribution is 2.46. The third-order valence-electron chi connectivity index (χ3n) is 2.88. The largest absolute Gasteiger partial charge is 0.259 e. The lowest BCUT2D eigenvalue weighted by Gasteiger charge is -2.23. The molecule has 2 aliphatic heterocycles. The number of thioether (sulfide) groups is 1. The molecule has 0 aromatic heterocycles. The molecule has 2 fully saturated rings. The fraction of sp³-hybridized carbons (Fsp3) is 1.00. The second-order valence-electron chi connectivity index (χ2n) is 4.20. The zero-order chi connectivity index (χ0) is 8.06. The van der Waals surface area contributed by atoms with Crippen molar-refractivity contribution in [3.05, 3.63) is 0 Å². The van der Waals surface area contributed by atoms with Crippen molar-refractivity contribution in [1.29, 1.82) is 0 Å². The van der Waals surface area contributed by atoms with Crippen LogP contribution in [0.4, 0.5) is 0 Å². The van der Waals surface area contributed by atoms with Crippen molar-refractivity contribution in [2.24, 2.45) is 11.3 Å². The van der Waals surface area contributed by atoms with Crippen molar-refractivity contribution in [2.45, 2.75) is 19.1 Å². The quantitative estimate of drug-likeness (QED) is 0.576. The predicted octanol–water partition coefficient (Wildman–Crippen LogP) is 1.51. The molecule has 0 amide bonds. The summed E-state index contributed by atoms with van der Waals surface area (Å²) in [6.45, 7) is 4.53. The van der Waals surface area contributed by atoms with Gasteiger partial charge in [-0.05, 0) is 17.1 Å². The molecule has 3 heteroatoms. The Balaban J connectivity index is 2.27. The molecule has 0 spiro atoms. The molecule has 3 unspecified atom stereocenters. The third kappa shape index (κ3) is 1.17. The van der Waals surface area contributed by atoms with E-state index in [0.717, 1.165) is 17.4 Å². The van der Waals surface area contributed by atoms with E-state index in [0.29, 0.717) is 10.7 Å². The second-order valence-corrected chi connectivity index (χ2v) is 6.93. The Labute approximate surface area is 74.8 Å². The highest BCUT2D eigenvalue weighted by atomic mass is 32.2. The Morgan fingerprint density at radius 1 is 1.45 bits per heavy atom. The van der Waals surface area contributed by atoms with Crippen molar-refractivity contribution in [3.63, 3.8) is 0 Å². The zero-order valence-corrected chi connectivity index (χ0v) is 8.63. The maximum absolute atomic E-state index is 11.6. The van der Waals surface area contributed by atoms with E-state index in [4.69, 9.17) is 0 Å². The van der Waals surface area contributed by atoms with E-state index in [-0.39, 0.29) is 0 Å². The predicted molar refractivity (Wildman–Crippen MR) is 51.4 cm³/mol. The standard InChI is InChI=1S/C8H14OS2/c1-8(2)5-11(9)7-4-10-3-6(7)8/h6-7H,3-5H2,1-2H3. The van der Waals surface area contributed by atoms with Crippen LogP contribution in [0.5, 0.6) is 0 Å². The van der Waals surface area contributed by atoms with Gasteiger partial charge in [0, 0.05) is 27.6 Å². The zero-order valence-electron chi connectivity index (χ0n) is 7.00. The van der Waals surface area contributed by atoms with Crippen LogP contribution in [0.1, 0.15) is 13.8 Å². The summed E-state index contributed by atoms with van der Waals surface area (Å²) in [5, 5.41) is 0.523. The van der Waals surface area contributed by atoms with Gasteiger partial charge in [-0.25, -0.2) is 0 Å². The summed E-state index contributed by atoms with van der Waals surface area (Å²) in [6.07, 6.45) is 0. The molecule has 0 N–H and O–H groups in total. The summed E-state index contributed by atoms with van der Waals surface area (Å²) in [4.78, 5) is 0. The average molecular weight is 190 g/mol. The maximum atomic E-state index is 11.6. The number of rotatable bonds is 0. The lowest BCUT2D eigenvalue weighted by Crippen LogP contribution is -2.25. The van der Waals surface area contributed by atoms with Crippen LogP contribution in [0, 0.1) is 11.3 Å². The van der Waals surface area contributed by atoms with E-state index in [9.17, 15) is 4.21 Å². The Morgan fingerprint density at radius 2 is 2.18 bits per heavy atom. The molecular weight excluding hydrogens is 176 g/mol. The number of fused-ring (bicyclic) bond motifs is 1. The molecule has 0 aromatic rings. The first-order valence-corrected chi connectivity index (χ1v) is 6.60. The van der Waals surface area contributed by atoms with E-state index in [2.05, 4.69) is 13.8 Å². The lowest BCUT2D eigenvalue weighted by atomic mass is 9.81. The molecule has 1 nitrogen and oxygen atoms in total. The van der Waals surface area contributed by atoms with Crippen LogP contribution in [0.2, 0.25) is 0 Å². The summed E-state index contributed by atoms with van der Waals surface area (Å²) in [5.74, 6) is 4.04. The van der Waals surface area contributed by atoms with Gasteiger partial charge >= 0.3 is 0 Å². The summed E-state index contributed by atoms with van der Waals surface area (Å²) in [6, 6.07) is 0. The Kier molecular flexibility index (Phi) is 1.84. The number of hydrogen-bond acceptors (Lipinski definition) is 2. The van der Waals surface area contributed by atoms with E-state index < -0.39 is 10.8 Å². The number of hydrogen-bond donors (Lipinski definition) is 0. The van der Waals surface area contributed by atoms with Gasteiger partial charge in [-0.15, -0.1) is 0 Å². The molecule has 0 aromatic carbocycles. The van der Waals surface area contributed by atoms with Crippen LogP contribution in [0.25, 0.3) is 0 Å². The average Bonchev–Trinajstić information content (AvgIpc) is 2.37. The maximum Gasteiger partial charge on any atom is 0.0480 e. The summed E-state index contributed by atoms with van der Waals surface area (Å²) in [7, 11) is -0.519. The van der Waals surface area contributed by atoms with E-state index in [1.807, 2.05) is 11.8 Å². The van der Waals surface area contributed by atoms with Gasteiger partial charge in [-0.3, -0.25) is 4.21 Å². The Morgan fingerprint density at radius 3 is 2.82 bits per heavy atom.